The Morgan fingerprint density at radius 1 is 1.14 bits per heavy atom. The Hall–Kier alpha value is -2.77. The first-order valence-corrected chi connectivity index (χ1v) is 9.99. The predicted molar refractivity (Wildman–Crippen MR) is 109 cm³/mol. The summed E-state index contributed by atoms with van der Waals surface area (Å²) in [5, 5.41) is 5.40. The SMILES string of the molecule is COC(=O)c1ccc(N2CC3CCC(C2)N3C(=O)OC(C)(C)C)c2cn(C)nc12. The summed E-state index contributed by atoms with van der Waals surface area (Å²) in [6.07, 6.45) is 3.64. The first kappa shape index (κ1) is 19.5. The topological polar surface area (TPSA) is 76.9 Å². The lowest BCUT2D eigenvalue weighted by molar-refractivity contribution is 0.0123. The fourth-order valence-corrected chi connectivity index (χ4v) is 4.47. The smallest absolute Gasteiger partial charge is 0.410 e. The molecule has 2 fully saturated rings. The van der Waals surface area contributed by atoms with Gasteiger partial charge in [-0.25, -0.2) is 9.59 Å². The number of aryl methyl sites for hydroxylation is 1. The highest BCUT2D eigenvalue weighted by Crippen LogP contribution is 2.37. The van der Waals surface area contributed by atoms with E-state index in [4.69, 9.17) is 9.47 Å². The Morgan fingerprint density at radius 3 is 2.38 bits per heavy atom. The molecule has 29 heavy (non-hydrogen) atoms. The molecule has 1 aromatic carbocycles. The van der Waals surface area contributed by atoms with Gasteiger partial charge in [0.2, 0.25) is 0 Å². The molecule has 8 nitrogen and oxygen atoms in total. The number of rotatable bonds is 2. The molecule has 0 N–H and O–H groups in total. The minimum absolute atomic E-state index is 0.121. The van der Waals surface area contributed by atoms with Crippen LogP contribution in [0, 0.1) is 0 Å². The molecule has 2 aromatic rings. The van der Waals surface area contributed by atoms with Crippen LogP contribution < -0.4 is 4.90 Å². The summed E-state index contributed by atoms with van der Waals surface area (Å²) in [5.41, 5.74) is 1.63. The Bertz CT molecular complexity index is 947. The molecule has 2 saturated heterocycles. The van der Waals surface area contributed by atoms with E-state index in [1.807, 2.05) is 45.0 Å². The van der Waals surface area contributed by atoms with Crippen LogP contribution in [0.15, 0.2) is 18.3 Å². The van der Waals surface area contributed by atoms with Crippen molar-refractivity contribution < 1.29 is 19.1 Å². The summed E-state index contributed by atoms with van der Waals surface area (Å²) in [5.74, 6) is -0.393. The molecule has 0 spiro atoms. The van der Waals surface area contributed by atoms with Gasteiger partial charge < -0.3 is 14.4 Å². The van der Waals surface area contributed by atoms with E-state index in [0.29, 0.717) is 11.1 Å². The second-order valence-electron chi connectivity index (χ2n) is 8.87. The number of carbonyl (C=O) groups is 2. The quantitative estimate of drug-likeness (QED) is 0.722. The van der Waals surface area contributed by atoms with Crippen molar-refractivity contribution in [3.63, 3.8) is 0 Å². The summed E-state index contributed by atoms with van der Waals surface area (Å²) in [4.78, 5) is 29.1. The molecule has 3 heterocycles. The third-order valence-corrected chi connectivity index (χ3v) is 5.60. The van der Waals surface area contributed by atoms with E-state index in [0.717, 1.165) is 37.0 Å². The second kappa shape index (κ2) is 6.93. The van der Waals surface area contributed by atoms with Crippen LogP contribution in [-0.4, -0.2) is 64.6 Å². The zero-order chi connectivity index (χ0) is 20.9. The van der Waals surface area contributed by atoms with Crippen molar-refractivity contribution in [3.8, 4) is 0 Å². The zero-order valence-corrected chi connectivity index (χ0v) is 17.6. The number of amides is 1. The average molecular weight is 400 g/mol. The fourth-order valence-electron chi connectivity index (χ4n) is 4.47. The highest BCUT2D eigenvalue weighted by atomic mass is 16.6. The molecule has 4 rings (SSSR count). The number of piperazine rings is 1. The Kier molecular flexibility index (Phi) is 4.67. The number of hydrogen-bond donors (Lipinski definition) is 0. The van der Waals surface area contributed by atoms with Gasteiger partial charge in [-0.15, -0.1) is 0 Å². The maximum atomic E-state index is 12.7. The summed E-state index contributed by atoms with van der Waals surface area (Å²) < 4.78 is 12.2. The molecular formula is C21H28N4O4. The van der Waals surface area contributed by atoms with Crippen molar-refractivity contribution in [2.75, 3.05) is 25.1 Å². The van der Waals surface area contributed by atoms with Crippen LogP contribution in [0.1, 0.15) is 44.0 Å². The van der Waals surface area contributed by atoms with Crippen LogP contribution in [0.2, 0.25) is 0 Å². The number of aromatic nitrogens is 2. The van der Waals surface area contributed by atoms with Gasteiger partial charge in [-0.05, 0) is 45.7 Å². The highest BCUT2D eigenvalue weighted by molar-refractivity contribution is 6.06. The van der Waals surface area contributed by atoms with Crippen LogP contribution in [0.25, 0.3) is 10.9 Å². The maximum Gasteiger partial charge on any atom is 0.410 e. The molecule has 1 aromatic heterocycles. The molecule has 0 saturated carbocycles. The van der Waals surface area contributed by atoms with E-state index in [2.05, 4.69) is 10.00 Å². The van der Waals surface area contributed by atoms with E-state index in [-0.39, 0.29) is 18.2 Å². The third-order valence-electron chi connectivity index (χ3n) is 5.60. The van der Waals surface area contributed by atoms with Gasteiger partial charge in [-0.1, -0.05) is 0 Å². The zero-order valence-electron chi connectivity index (χ0n) is 17.6. The molecule has 1 amide bonds. The van der Waals surface area contributed by atoms with Crippen molar-refractivity contribution >= 4 is 28.7 Å². The monoisotopic (exact) mass is 400 g/mol. The standard InChI is InChI=1S/C21H28N4O4/c1-21(2,3)29-20(27)25-13-6-7-14(25)11-24(10-13)17-9-8-15(19(26)28-5)18-16(17)12-23(4)22-18/h8-9,12-14H,6-7,10-11H2,1-5H3. The van der Waals surface area contributed by atoms with Crippen molar-refractivity contribution in [2.45, 2.75) is 51.3 Å². The molecule has 2 aliphatic rings. The van der Waals surface area contributed by atoms with Crippen molar-refractivity contribution in [3.05, 3.63) is 23.9 Å². The molecular weight excluding hydrogens is 372 g/mol. The Morgan fingerprint density at radius 2 is 1.79 bits per heavy atom. The predicted octanol–water partition coefficient (Wildman–Crippen LogP) is 2.95. The molecule has 2 unspecified atom stereocenters. The number of carbonyl (C=O) groups excluding carboxylic acids is 2. The molecule has 8 heteroatoms. The van der Waals surface area contributed by atoms with Gasteiger partial charge in [-0.2, -0.15) is 5.10 Å². The first-order chi connectivity index (χ1) is 13.7. The lowest BCUT2D eigenvalue weighted by atomic mass is 10.1. The van der Waals surface area contributed by atoms with Crippen LogP contribution >= 0.6 is 0 Å². The second-order valence-corrected chi connectivity index (χ2v) is 8.87. The molecule has 2 bridgehead atoms. The fraction of sp³-hybridized carbons (Fsp3) is 0.571. The van der Waals surface area contributed by atoms with Crippen molar-refractivity contribution in [2.24, 2.45) is 7.05 Å². The molecule has 2 aliphatic heterocycles. The number of nitrogens with zero attached hydrogens (tertiary/aromatic N) is 4. The van der Waals surface area contributed by atoms with Crippen LogP contribution in [0.5, 0.6) is 0 Å². The third kappa shape index (κ3) is 3.52. The lowest BCUT2D eigenvalue weighted by Gasteiger charge is -2.42. The minimum Gasteiger partial charge on any atom is -0.465 e. The number of fused-ring (bicyclic) bond motifs is 3. The van der Waals surface area contributed by atoms with Crippen LogP contribution in [-0.2, 0) is 16.5 Å². The van der Waals surface area contributed by atoms with E-state index in [1.165, 1.54) is 7.11 Å². The molecule has 2 atom stereocenters. The van der Waals surface area contributed by atoms with Gasteiger partial charge in [-0.3, -0.25) is 9.58 Å². The maximum absolute atomic E-state index is 12.7. The van der Waals surface area contributed by atoms with Gasteiger partial charge in [0.05, 0.1) is 24.8 Å². The van der Waals surface area contributed by atoms with E-state index in [1.54, 1.807) is 10.7 Å². The van der Waals surface area contributed by atoms with Gasteiger partial charge >= 0.3 is 12.1 Å². The summed E-state index contributed by atoms with van der Waals surface area (Å²) >= 11 is 0. The van der Waals surface area contributed by atoms with Crippen LogP contribution in [0.3, 0.4) is 0 Å². The number of benzene rings is 1. The van der Waals surface area contributed by atoms with Crippen molar-refractivity contribution in [1.29, 1.82) is 0 Å². The number of esters is 1. The van der Waals surface area contributed by atoms with Crippen molar-refractivity contribution in [1.82, 2.24) is 14.7 Å². The average Bonchev–Trinajstić information content (AvgIpc) is 3.15. The highest BCUT2D eigenvalue weighted by Gasteiger charge is 2.44. The largest absolute Gasteiger partial charge is 0.465 e. The first-order valence-electron chi connectivity index (χ1n) is 9.99. The minimum atomic E-state index is -0.501. The van der Waals surface area contributed by atoms with E-state index >= 15 is 0 Å². The summed E-state index contributed by atoms with van der Waals surface area (Å²) in [6.45, 7) is 7.15. The number of ether oxygens (including phenoxy) is 2. The summed E-state index contributed by atoms with van der Waals surface area (Å²) in [7, 11) is 3.22. The number of methoxy groups -OCH3 is 1. The Balaban J connectivity index is 1.63. The molecule has 156 valence electrons. The molecule has 0 radical (unpaired) electrons. The van der Waals surface area contributed by atoms with Gasteiger partial charge in [0.15, 0.2) is 0 Å². The van der Waals surface area contributed by atoms with Gasteiger partial charge in [0.1, 0.15) is 11.1 Å². The summed E-state index contributed by atoms with van der Waals surface area (Å²) in [6, 6.07) is 3.98. The number of hydrogen-bond acceptors (Lipinski definition) is 6. The lowest BCUT2D eigenvalue weighted by Crippen LogP contribution is -2.56. The number of anilines is 1. The van der Waals surface area contributed by atoms with Crippen LogP contribution in [0.4, 0.5) is 10.5 Å². The van der Waals surface area contributed by atoms with Gasteiger partial charge in [0.25, 0.3) is 0 Å². The van der Waals surface area contributed by atoms with E-state index in [9.17, 15) is 9.59 Å². The Labute approximate surface area is 170 Å². The van der Waals surface area contributed by atoms with E-state index < -0.39 is 11.6 Å². The molecule has 0 aliphatic carbocycles. The van der Waals surface area contributed by atoms with Gasteiger partial charge in [0, 0.05) is 37.4 Å². The normalized spacial score (nSPS) is 21.6.